The summed E-state index contributed by atoms with van der Waals surface area (Å²) in [6.45, 7) is 0.666. The summed E-state index contributed by atoms with van der Waals surface area (Å²) in [5.74, 6) is 0.445. The molecule has 0 saturated heterocycles. The molecule has 0 radical (unpaired) electrons. The predicted molar refractivity (Wildman–Crippen MR) is 97.4 cm³/mol. The van der Waals surface area contributed by atoms with Crippen LogP contribution in [-0.4, -0.2) is 29.5 Å². The lowest BCUT2D eigenvalue weighted by atomic mass is 10.2. The number of nitrogens with one attached hydrogen (secondary N) is 2. The smallest absolute Gasteiger partial charge is 0.254 e. The van der Waals surface area contributed by atoms with Gasteiger partial charge in [0.1, 0.15) is 10.8 Å². The predicted octanol–water partition coefficient (Wildman–Crippen LogP) is 3.22. The van der Waals surface area contributed by atoms with Crippen molar-refractivity contribution in [2.75, 3.05) is 18.9 Å². The van der Waals surface area contributed by atoms with Gasteiger partial charge in [-0.15, -0.1) is 11.3 Å². The standard InChI is InChI=1S/C18H18N4OS/c1-19-17(23)15-8-5-10-20-16(15)21-11-9-14-12-24-18(22-14)13-6-3-2-4-7-13/h2-8,10,12H,9,11H2,1H3,(H,19,23)(H,20,21). The zero-order chi connectivity index (χ0) is 16.8. The fraction of sp³-hybridized carbons (Fsp3) is 0.167. The molecular formula is C18H18N4OS. The molecule has 1 amide bonds. The molecule has 0 fully saturated rings. The first-order valence-electron chi connectivity index (χ1n) is 7.68. The third kappa shape index (κ3) is 3.78. The zero-order valence-corrected chi connectivity index (χ0v) is 14.1. The molecule has 2 N–H and O–H groups in total. The van der Waals surface area contributed by atoms with Gasteiger partial charge in [-0.2, -0.15) is 0 Å². The number of carbonyl (C=O) groups is 1. The number of hydrogen-bond donors (Lipinski definition) is 2. The van der Waals surface area contributed by atoms with Crippen molar-refractivity contribution in [3.05, 3.63) is 65.3 Å². The van der Waals surface area contributed by atoms with Crippen LogP contribution < -0.4 is 10.6 Å². The van der Waals surface area contributed by atoms with Crippen LogP contribution in [0, 0.1) is 0 Å². The van der Waals surface area contributed by atoms with E-state index in [1.807, 2.05) is 18.2 Å². The van der Waals surface area contributed by atoms with Crippen molar-refractivity contribution in [2.24, 2.45) is 0 Å². The molecule has 0 aliphatic rings. The largest absolute Gasteiger partial charge is 0.369 e. The summed E-state index contributed by atoms with van der Waals surface area (Å²) in [4.78, 5) is 20.7. The zero-order valence-electron chi connectivity index (χ0n) is 13.3. The molecular weight excluding hydrogens is 320 g/mol. The lowest BCUT2D eigenvalue weighted by Crippen LogP contribution is -2.20. The summed E-state index contributed by atoms with van der Waals surface area (Å²) in [5, 5.41) is 8.93. The summed E-state index contributed by atoms with van der Waals surface area (Å²) in [6, 6.07) is 13.7. The first-order valence-corrected chi connectivity index (χ1v) is 8.56. The van der Waals surface area contributed by atoms with Crippen molar-refractivity contribution in [2.45, 2.75) is 6.42 Å². The maximum absolute atomic E-state index is 11.8. The Bertz CT molecular complexity index is 817. The summed E-state index contributed by atoms with van der Waals surface area (Å²) in [7, 11) is 1.61. The average molecular weight is 338 g/mol. The van der Waals surface area contributed by atoms with Crippen molar-refractivity contribution in [1.29, 1.82) is 0 Å². The molecule has 0 aliphatic heterocycles. The van der Waals surface area contributed by atoms with Gasteiger partial charge in [-0.25, -0.2) is 9.97 Å². The number of thiazole rings is 1. The Morgan fingerprint density at radius 1 is 1.17 bits per heavy atom. The lowest BCUT2D eigenvalue weighted by Gasteiger charge is -2.09. The molecule has 5 nitrogen and oxygen atoms in total. The van der Waals surface area contributed by atoms with Crippen LogP contribution in [0.1, 0.15) is 16.1 Å². The van der Waals surface area contributed by atoms with Crippen LogP contribution in [0.25, 0.3) is 10.6 Å². The molecule has 0 bridgehead atoms. The van der Waals surface area contributed by atoms with Gasteiger partial charge in [0, 0.05) is 37.2 Å². The van der Waals surface area contributed by atoms with E-state index in [0.717, 1.165) is 22.7 Å². The van der Waals surface area contributed by atoms with Crippen LogP contribution in [-0.2, 0) is 6.42 Å². The minimum atomic E-state index is -0.148. The van der Waals surface area contributed by atoms with Crippen molar-refractivity contribution in [1.82, 2.24) is 15.3 Å². The molecule has 0 unspecified atom stereocenters. The topological polar surface area (TPSA) is 66.9 Å². The van der Waals surface area contributed by atoms with Crippen LogP contribution in [0.3, 0.4) is 0 Å². The van der Waals surface area contributed by atoms with Crippen LogP contribution in [0.5, 0.6) is 0 Å². The van der Waals surface area contributed by atoms with Gasteiger partial charge in [0.15, 0.2) is 0 Å². The number of amides is 1. The number of benzene rings is 1. The van der Waals surface area contributed by atoms with E-state index >= 15 is 0 Å². The fourth-order valence-electron chi connectivity index (χ4n) is 2.31. The van der Waals surface area contributed by atoms with Gasteiger partial charge < -0.3 is 10.6 Å². The third-order valence-corrected chi connectivity index (χ3v) is 4.47. The van der Waals surface area contributed by atoms with E-state index in [1.165, 1.54) is 0 Å². The van der Waals surface area contributed by atoms with E-state index in [2.05, 4.69) is 38.1 Å². The Labute approximate surface area is 144 Å². The van der Waals surface area contributed by atoms with E-state index in [-0.39, 0.29) is 5.91 Å². The molecule has 122 valence electrons. The van der Waals surface area contributed by atoms with Crippen molar-refractivity contribution in [3.8, 4) is 10.6 Å². The van der Waals surface area contributed by atoms with Crippen LogP contribution in [0.4, 0.5) is 5.82 Å². The Balaban J connectivity index is 1.62. The van der Waals surface area contributed by atoms with E-state index in [9.17, 15) is 4.79 Å². The highest BCUT2D eigenvalue weighted by Crippen LogP contribution is 2.23. The molecule has 3 aromatic rings. The molecule has 0 spiro atoms. The molecule has 2 heterocycles. The highest BCUT2D eigenvalue weighted by molar-refractivity contribution is 7.13. The van der Waals surface area contributed by atoms with Crippen LogP contribution >= 0.6 is 11.3 Å². The number of hydrogen-bond acceptors (Lipinski definition) is 5. The Kier molecular flexibility index (Phi) is 5.18. The monoisotopic (exact) mass is 338 g/mol. The van der Waals surface area contributed by atoms with E-state index in [4.69, 9.17) is 0 Å². The van der Waals surface area contributed by atoms with Crippen LogP contribution in [0.2, 0.25) is 0 Å². The molecule has 0 aliphatic carbocycles. The fourth-order valence-corrected chi connectivity index (χ4v) is 3.17. The van der Waals surface area contributed by atoms with Crippen molar-refractivity contribution >= 4 is 23.1 Å². The minimum Gasteiger partial charge on any atom is -0.369 e. The molecule has 2 aromatic heterocycles. The third-order valence-electron chi connectivity index (χ3n) is 3.53. The molecule has 6 heteroatoms. The van der Waals surface area contributed by atoms with Gasteiger partial charge in [0.2, 0.25) is 0 Å². The van der Waals surface area contributed by atoms with E-state index < -0.39 is 0 Å². The minimum absolute atomic E-state index is 0.148. The quantitative estimate of drug-likeness (QED) is 0.724. The molecule has 0 saturated carbocycles. The molecule has 24 heavy (non-hydrogen) atoms. The van der Waals surface area contributed by atoms with Gasteiger partial charge in [-0.1, -0.05) is 30.3 Å². The summed E-state index contributed by atoms with van der Waals surface area (Å²) in [6.07, 6.45) is 2.44. The average Bonchev–Trinajstić information content (AvgIpc) is 3.11. The Hall–Kier alpha value is -2.73. The summed E-state index contributed by atoms with van der Waals surface area (Å²) >= 11 is 1.64. The maximum Gasteiger partial charge on any atom is 0.254 e. The van der Waals surface area contributed by atoms with Crippen molar-refractivity contribution < 1.29 is 4.79 Å². The number of anilines is 1. The summed E-state index contributed by atoms with van der Waals surface area (Å²) < 4.78 is 0. The van der Waals surface area contributed by atoms with E-state index in [1.54, 1.807) is 36.7 Å². The lowest BCUT2D eigenvalue weighted by molar-refractivity contribution is 0.0963. The number of nitrogens with zero attached hydrogens (tertiary/aromatic N) is 2. The summed E-state index contributed by atoms with van der Waals surface area (Å²) in [5.41, 5.74) is 2.71. The van der Waals surface area contributed by atoms with Gasteiger partial charge in [0.25, 0.3) is 5.91 Å². The van der Waals surface area contributed by atoms with Gasteiger partial charge in [0.05, 0.1) is 11.3 Å². The van der Waals surface area contributed by atoms with Crippen LogP contribution in [0.15, 0.2) is 54.0 Å². The van der Waals surface area contributed by atoms with Crippen molar-refractivity contribution in [3.63, 3.8) is 0 Å². The molecule has 0 atom stereocenters. The number of pyridine rings is 1. The maximum atomic E-state index is 11.8. The van der Waals surface area contributed by atoms with Gasteiger partial charge >= 0.3 is 0 Å². The first-order chi connectivity index (χ1) is 11.8. The SMILES string of the molecule is CNC(=O)c1cccnc1NCCc1csc(-c2ccccc2)n1. The van der Waals surface area contributed by atoms with Gasteiger partial charge in [-0.3, -0.25) is 4.79 Å². The number of rotatable bonds is 6. The van der Waals surface area contributed by atoms with E-state index in [0.29, 0.717) is 17.9 Å². The Morgan fingerprint density at radius 3 is 2.79 bits per heavy atom. The Morgan fingerprint density at radius 2 is 2.00 bits per heavy atom. The first kappa shape index (κ1) is 16.1. The number of carbonyl (C=O) groups excluding carboxylic acids is 1. The highest BCUT2D eigenvalue weighted by atomic mass is 32.1. The normalized spacial score (nSPS) is 10.4. The van der Waals surface area contributed by atoms with Gasteiger partial charge in [-0.05, 0) is 12.1 Å². The molecule has 3 rings (SSSR count). The second-order valence-electron chi connectivity index (χ2n) is 5.17. The second-order valence-corrected chi connectivity index (χ2v) is 6.02. The second kappa shape index (κ2) is 7.70. The molecule has 1 aromatic carbocycles. The highest BCUT2D eigenvalue weighted by Gasteiger charge is 2.10. The number of aromatic nitrogens is 2.